The minimum atomic E-state index is -0.820. The number of benzene rings is 1. The topological polar surface area (TPSA) is 75.7 Å². The van der Waals surface area contributed by atoms with Gasteiger partial charge in [-0.1, -0.05) is 37.3 Å². The maximum absolute atomic E-state index is 11.6. The van der Waals surface area contributed by atoms with Crippen LogP contribution < -0.4 is 5.43 Å². The normalized spacial score (nSPS) is 18.6. The van der Waals surface area contributed by atoms with E-state index in [1.165, 1.54) is 0 Å². The molecule has 1 aliphatic rings. The van der Waals surface area contributed by atoms with Crippen molar-refractivity contribution in [3.63, 3.8) is 0 Å². The molecule has 1 fully saturated rings. The van der Waals surface area contributed by atoms with Gasteiger partial charge in [0.1, 0.15) is 6.61 Å². The van der Waals surface area contributed by atoms with E-state index in [2.05, 4.69) is 5.43 Å². The Kier molecular flexibility index (Phi) is 3.79. The molecule has 1 saturated heterocycles. The summed E-state index contributed by atoms with van der Waals surface area (Å²) in [6.45, 7) is 1.72. The van der Waals surface area contributed by atoms with Gasteiger partial charge >= 0.3 is 6.09 Å². The van der Waals surface area contributed by atoms with Gasteiger partial charge < -0.3 is 4.74 Å². The molecule has 0 spiro atoms. The average Bonchev–Trinajstić information content (AvgIpc) is 2.64. The molecule has 3 amide bonds. The Labute approximate surface area is 110 Å². The van der Waals surface area contributed by atoms with Crippen LogP contribution in [0.5, 0.6) is 0 Å². The Bertz CT molecular complexity index is 501. The van der Waals surface area contributed by atoms with Gasteiger partial charge in [-0.2, -0.15) is 5.01 Å². The van der Waals surface area contributed by atoms with Crippen LogP contribution in [0.25, 0.3) is 0 Å². The number of hydrogen-bond donors (Lipinski definition) is 1. The number of ether oxygens (including phenoxy) is 1. The summed E-state index contributed by atoms with van der Waals surface area (Å²) in [5.74, 6) is -1.24. The van der Waals surface area contributed by atoms with Crippen molar-refractivity contribution in [2.75, 3.05) is 0 Å². The second kappa shape index (κ2) is 5.51. The average molecular weight is 262 g/mol. The summed E-state index contributed by atoms with van der Waals surface area (Å²) in [4.78, 5) is 34.5. The fourth-order valence-corrected chi connectivity index (χ4v) is 1.75. The van der Waals surface area contributed by atoms with Gasteiger partial charge in [-0.05, 0) is 5.56 Å². The molecule has 0 saturated carbocycles. The highest BCUT2D eigenvalue weighted by Crippen LogP contribution is 2.16. The number of hydrazine groups is 1. The van der Waals surface area contributed by atoms with E-state index in [-0.39, 0.29) is 13.0 Å². The van der Waals surface area contributed by atoms with Crippen LogP contribution in [0.3, 0.4) is 0 Å². The van der Waals surface area contributed by atoms with Crippen LogP contribution >= 0.6 is 0 Å². The molecule has 19 heavy (non-hydrogen) atoms. The molecule has 0 radical (unpaired) electrons. The molecular formula is C13H14N2O4. The summed E-state index contributed by atoms with van der Waals surface area (Å²) < 4.78 is 4.93. The zero-order valence-corrected chi connectivity index (χ0v) is 10.5. The van der Waals surface area contributed by atoms with Crippen LogP contribution in [0.2, 0.25) is 0 Å². The van der Waals surface area contributed by atoms with Crippen LogP contribution in [0.1, 0.15) is 18.9 Å². The Balaban J connectivity index is 1.85. The van der Waals surface area contributed by atoms with Gasteiger partial charge in [0, 0.05) is 12.3 Å². The van der Waals surface area contributed by atoms with E-state index in [9.17, 15) is 14.4 Å². The molecule has 1 heterocycles. The lowest BCUT2D eigenvalue weighted by atomic mass is 10.1. The lowest BCUT2D eigenvalue weighted by Gasteiger charge is -2.15. The Morgan fingerprint density at radius 1 is 1.37 bits per heavy atom. The van der Waals surface area contributed by atoms with Gasteiger partial charge in [0.25, 0.3) is 5.91 Å². The van der Waals surface area contributed by atoms with E-state index in [1.54, 1.807) is 6.92 Å². The predicted octanol–water partition coefficient (Wildman–Crippen LogP) is 1.22. The van der Waals surface area contributed by atoms with Crippen LogP contribution in [-0.4, -0.2) is 22.9 Å². The molecule has 1 N–H and O–H groups in total. The number of hydrogen-bond acceptors (Lipinski definition) is 4. The zero-order valence-electron chi connectivity index (χ0n) is 10.5. The summed E-state index contributed by atoms with van der Waals surface area (Å²) in [5.41, 5.74) is 2.98. The van der Waals surface area contributed by atoms with Gasteiger partial charge in [-0.3, -0.25) is 9.59 Å². The third-order valence-corrected chi connectivity index (χ3v) is 2.79. The molecule has 1 aliphatic heterocycles. The van der Waals surface area contributed by atoms with Crippen molar-refractivity contribution in [1.82, 2.24) is 10.4 Å². The Morgan fingerprint density at radius 3 is 2.63 bits per heavy atom. The number of nitrogens with zero attached hydrogens (tertiary/aromatic N) is 1. The quantitative estimate of drug-likeness (QED) is 0.831. The van der Waals surface area contributed by atoms with Crippen LogP contribution in [0.4, 0.5) is 4.79 Å². The maximum atomic E-state index is 11.6. The van der Waals surface area contributed by atoms with E-state index in [0.29, 0.717) is 0 Å². The second-order valence-electron chi connectivity index (χ2n) is 4.35. The Morgan fingerprint density at radius 2 is 2.05 bits per heavy atom. The largest absolute Gasteiger partial charge is 0.443 e. The third-order valence-electron chi connectivity index (χ3n) is 2.79. The number of rotatable bonds is 3. The summed E-state index contributed by atoms with van der Waals surface area (Å²) >= 11 is 0. The molecule has 0 bridgehead atoms. The summed E-state index contributed by atoms with van der Waals surface area (Å²) in [6.07, 6.45) is -0.711. The minimum absolute atomic E-state index is 0.0818. The molecule has 2 rings (SSSR count). The van der Waals surface area contributed by atoms with Crippen LogP contribution in [0, 0.1) is 5.92 Å². The van der Waals surface area contributed by atoms with Gasteiger partial charge in [-0.25, -0.2) is 10.2 Å². The van der Waals surface area contributed by atoms with E-state index in [1.807, 2.05) is 30.3 Å². The standard InChI is InChI=1S/C13H14N2O4/c1-9-7-11(16)15(12(9)17)14-13(18)19-8-10-5-3-2-4-6-10/h2-6,9H,7-8H2,1H3,(H,14,18)/t9-/m0/s1. The summed E-state index contributed by atoms with van der Waals surface area (Å²) in [6, 6.07) is 9.12. The smallest absolute Gasteiger partial charge is 0.426 e. The van der Waals surface area contributed by atoms with E-state index < -0.39 is 23.8 Å². The minimum Gasteiger partial charge on any atom is -0.443 e. The molecule has 0 aromatic heterocycles. The number of carbonyl (C=O) groups excluding carboxylic acids is 3. The third kappa shape index (κ3) is 3.09. The van der Waals surface area contributed by atoms with E-state index in [4.69, 9.17) is 4.74 Å². The van der Waals surface area contributed by atoms with Gasteiger partial charge in [0.05, 0.1) is 0 Å². The van der Waals surface area contributed by atoms with Gasteiger partial charge in [0.15, 0.2) is 0 Å². The van der Waals surface area contributed by atoms with Gasteiger partial charge in [0.2, 0.25) is 5.91 Å². The highest BCUT2D eigenvalue weighted by molar-refractivity contribution is 6.04. The van der Waals surface area contributed by atoms with Crippen molar-refractivity contribution in [2.24, 2.45) is 5.92 Å². The second-order valence-corrected chi connectivity index (χ2v) is 4.35. The molecular weight excluding hydrogens is 248 g/mol. The van der Waals surface area contributed by atoms with E-state index in [0.717, 1.165) is 10.6 Å². The molecule has 1 aromatic carbocycles. The van der Waals surface area contributed by atoms with Crippen molar-refractivity contribution < 1.29 is 19.1 Å². The molecule has 100 valence electrons. The van der Waals surface area contributed by atoms with Crippen molar-refractivity contribution in [1.29, 1.82) is 0 Å². The van der Waals surface area contributed by atoms with Crippen molar-refractivity contribution in [3.8, 4) is 0 Å². The zero-order chi connectivity index (χ0) is 13.8. The molecule has 0 unspecified atom stereocenters. The summed E-state index contributed by atoms with van der Waals surface area (Å²) in [7, 11) is 0. The van der Waals surface area contributed by atoms with Crippen LogP contribution in [0.15, 0.2) is 30.3 Å². The number of imide groups is 1. The van der Waals surface area contributed by atoms with Crippen molar-refractivity contribution in [3.05, 3.63) is 35.9 Å². The summed E-state index contributed by atoms with van der Waals surface area (Å²) in [5, 5.41) is 0.720. The molecule has 6 heteroatoms. The number of carbonyl (C=O) groups is 3. The van der Waals surface area contributed by atoms with E-state index >= 15 is 0 Å². The highest BCUT2D eigenvalue weighted by Gasteiger charge is 2.37. The molecule has 1 aromatic rings. The predicted molar refractivity (Wildman–Crippen MR) is 65.4 cm³/mol. The first-order valence-corrected chi connectivity index (χ1v) is 5.92. The maximum Gasteiger partial charge on any atom is 0.426 e. The molecule has 6 nitrogen and oxygen atoms in total. The monoisotopic (exact) mass is 262 g/mol. The SMILES string of the molecule is C[C@H]1CC(=O)N(NC(=O)OCc2ccccc2)C1=O. The molecule has 1 atom stereocenters. The first-order valence-electron chi connectivity index (χ1n) is 5.92. The lowest BCUT2D eigenvalue weighted by molar-refractivity contribution is -0.142. The van der Waals surface area contributed by atoms with Crippen molar-refractivity contribution >= 4 is 17.9 Å². The number of nitrogens with one attached hydrogen (secondary N) is 1. The molecule has 0 aliphatic carbocycles. The number of amides is 3. The highest BCUT2D eigenvalue weighted by atomic mass is 16.6. The van der Waals surface area contributed by atoms with Gasteiger partial charge in [-0.15, -0.1) is 0 Å². The lowest BCUT2D eigenvalue weighted by Crippen LogP contribution is -2.46. The fraction of sp³-hybridized carbons (Fsp3) is 0.308. The first kappa shape index (κ1) is 13.1. The first-order chi connectivity index (χ1) is 9.08. The van der Waals surface area contributed by atoms with Crippen LogP contribution in [-0.2, 0) is 20.9 Å². The van der Waals surface area contributed by atoms with Crippen molar-refractivity contribution in [2.45, 2.75) is 20.0 Å². The fourth-order valence-electron chi connectivity index (χ4n) is 1.75. The Hall–Kier alpha value is -2.37.